The van der Waals surface area contributed by atoms with Crippen LogP contribution in [0.25, 0.3) is 0 Å². The highest BCUT2D eigenvalue weighted by molar-refractivity contribution is 9.10. The molecule has 1 rings (SSSR count). The maximum Gasteiger partial charge on any atom is 0.517 e. The lowest BCUT2D eigenvalue weighted by Crippen LogP contribution is -2.49. The Morgan fingerprint density at radius 3 is 1.50 bits per heavy atom. The number of halogens is 7. The second-order valence-corrected chi connectivity index (χ2v) is 8.19. The third kappa shape index (κ3) is 3.17. The van der Waals surface area contributed by atoms with Crippen molar-refractivity contribution < 1.29 is 43.2 Å². The molecule has 0 saturated heterocycles. The molecule has 0 aliphatic heterocycles. The van der Waals surface area contributed by atoms with Crippen molar-refractivity contribution in [2.75, 3.05) is 3.71 Å². The first-order valence-corrected chi connectivity index (χ1v) is 8.49. The van der Waals surface area contributed by atoms with E-state index in [4.69, 9.17) is 0 Å². The maximum absolute atomic E-state index is 12.5. The van der Waals surface area contributed by atoms with E-state index in [9.17, 15) is 43.2 Å². The molecule has 0 amide bonds. The fourth-order valence-electron chi connectivity index (χ4n) is 1.18. The van der Waals surface area contributed by atoms with Crippen LogP contribution in [0.4, 0.5) is 32.0 Å². The van der Waals surface area contributed by atoms with Crippen molar-refractivity contribution in [2.24, 2.45) is 0 Å². The van der Waals surface area contributed by atoms with Crippen LogP contribution < -0.4 is 3.71 Å². The smallest absolute Gasteiger partial charge is 0.196 e. The Hall–Kier alpha value is -1.02. The zero-order valence-corrected chi connectivity index (χ0v) is 13.1. The van der Waals surface area contributed by atoms with Crippen LogP contribution in [0.5, 0.6) is 0 Å². The van der Waals surface area contributed by atoms with Crippen molar-refractivity contribution >= 4 is 41.7 Å². The minimum Gasteiger partial charge on any atom is -0.196 e. The topological polar surface area (TPSA) is 71.5 Å². The molecular weight excluding hydrogens is 432 g/mol. The summed E-state index contributed by atoms with van der Waals surface area (Å²) in [6.07, 6.45) is 0. The van der Waals surface area contributed by atoms with E-state index < -0.39 is 44.9 Å². The minimum absolute atomic E-state index is 0.469. The normalized spacial score (nSPS) is 14.0. The summed E-state index contributed by atoms with van der Waals surface area (Å²) < 4.78 is 118. The van der Waals surface area contributed by atoms with Gasteiger partial charge in [0.05, 0.1) is 5.69 Å². The van der Waals surface area contributed by atoms with Gasteiger partial charge in [-0.2, -0.15) is 43.2 Å². The second-order valence-electron chi connectivity index (χ2n) is 3.55. The number of nitrogens with zero attached hydrogens (tertiary/aromatic N) is 1. The third-order valence-corrected chi connectivity index (χ3v) is 6.36. The zero-order valence-electron chi connectivity index (χ0n) is 9.85. The van der Waals surface area contributed by atoms with Crippen LogP contribution in [0.2, 0.25) is 0 Å². The Labute approximate surface area is 128 Å². The van der Waals surface area contributed by atoms with E-state index in [-0.39, 0.29) is 0 Å². The average Bonchev–Trinajstić information content (AvgIpc) is 2.28. The van der Waals surface area contributed by atoms with Crippen LogP contribution in [0.3, 0.4) is 0 Å². The van der Waals surface area contributed by atoms with Gasteiger partial charge in [-0.25, -0.2) is 0 Å². The Morgan fingerprint density at radius 1 is 0.818 bits per heavy atom. The predicted octanol–water partition coefficient (Wildman–Crippen LogP) is 2.95. The van der Waals surface area contributed by atoms with Crippen LogP contribution in [0, 0.1) is 0 Å². The molecular formula is C8H4BrF6NO4S2. The Bertz CT molecular complexity index is 727. The van der Waals surface area contributed by atoms with Gasteiger partial charge in [0.25, 0.3) is 0 Å². The molecule has 0 bridgehead atoms. The van der Waals surface area contributed by atoms with Gasteiger partial charge in [-0.05, 0) is 28.1 Å². The second kappa shape index (κ2) is 5.56. The summed E-state index contributed by atoms with van der Waals surface area (Å²) >= 11 is 2.51. The fraction of sp³-hybridized carbons (Fsp3) is 0.250. The average molecular weight is 436 g/mol. The number of rotatable bonds is 3. The number of hydrogen-bond donors (Lipinski definition) is 0. The molecule has 0 atom stereocenters. The first kappa shape index (κ1) is 19.0. The van der Waals surface area contributed by atoms with Gasteiger partial charge in [0.1, 0.15) is 0 Å². The van der Waals surface area contributed by atoms with Gasteiger partial charge < -0.3 is 0 Å². The van der Waals surface area contributed by atoms with Crippen LogP contribution in [-0.4, -0.2) is 27.9 Å². The van der Waals surface area contributed by atoms with Gasteiger partial charge in [-0.3, -0.25) is 0 Å². The van der Waals surface area contributed by atoms with E-state index in [1.165, 1.54) is 0 Å². The van der Waals surface area contributed by atoms with Crippen molar-refractivity contribution in [1.29, 1.82) is 0 Å². The van der Waals surface area contributed by atoms with Gasteiger partial charge in [-0.15, -0.1) is 3.71 Å². The van der Waals surface area contributed by atoms with Gasteiger partial charge in [0, 0.05) is 4.47 Å². The molecule has 1 aromatic carbocycles. The van der Waals surface area contributed by atoms with Crippen molar-refractivity contribution in [3.63, 3.8) is 0 Å². The molecule has 22 heavy (non-hydrogen) atoms. The molecule has 0 aromatic heterocycles. The summed E-state index contributed by atoms with van der Waals surface area (Å²) in [7, 11) is -13.7. The van der Waals surface area contributed by atoms with E-state index in [0.29, 0.717) is 6.07 Å². The highest BCUT2D eigenvalue weighted by Crippen LogP contribution is 2.41. The third-order valence-electron chi connectivity index (χ3n) is 2.07. The fourth-order valence-corrected chi connectivity index (χ4v) is 4.63. The van der Waals surface area contributed by atoms with Gasteiger partial charge in [0.2, 0.25) is 0 Å². The van der Waals surface area contributed by atoms with Crippen molar-refractivity contribution in [2.45, 2.75) is 11.0 Å². The van der Waals surface area contributed by atoms with Gasteiger partial charge in [-0.1, -0.05) is 12.1 Å². The SMILES string of the molecule is O=S(=O)(N(c1ccccc1Br)S(=O)(=O)C(F)(F)F)C(F)(F)F. The standard InChI is InChI=1S/C8H4BrF6NO4S2/c9-5-3-1-2-4-6(5)16(21(17,18)7(10,11)12)22(19,20)8(13,14)15/h1-4H. The Balaban J connectivity index is 3.83. The van der Waals surface area contributed by atoms with E-state index in [2.05, 4.69) is 15.9 Å². The highest BCUT2D eigenvalue weighted by atomic mass is 79.9. The van der Waals surface area contributed by atoms with Crippen LogP contribution >= 0.6 is 15.9 Å². The summed E-state index contributed by atoms with van der Waals surface area (Å²) in [5, 5.41) is 0. The molecule has 5 nitrogen and oxygen atoms in total. The van der Waals surface area contributed by atoms with Crippen molar-refractivity contribution in [1.82, 2.24) is 0 Å². The predicted molar refractivity (Wildman–Crippen MR) is 66.6 cm³/mol. The lowest BCUT2D eigenvalue weighted by Gasteiger charge is -2.26. The molecule has 1 aromatic rings. The molecule has 126 valence electrons. The summed E-state index contributed by atoms with van der Waals surface area (Å²) in [6, 6.07) is 3.34. The number of benzene rings is 1. The molecule has 0 radical (unpaired) electrons. The van der Waals surface area contributed by atoms with Gasteiger partial charge in [0.15, 0.2) is 0 Å². The van der Waals surface area contributed by atoms with Crippen LogP contribution in [-0.2, 0) is 20.0 Å². The molecule has 0 saturated carbocycles. The molecule has 0 fully saturated rings. The quantitative estimate of drug-likeness (QED) is 0.684. The van der Waals surface area contributed by atoms with Crippen molar-refractivity contribution in [3.8, 4) is 0 Å². The highest BCUT2D eigenvalue weighted by Gasteiger charge is 2.62. The molecule has 0 N–H and O–H groups in total. The zero-order chi connectivity index (χ0) is 17.6. The van der Waals surface area contributed by atoms with E-state index >= 15 is 0 Å². The number of sulfonamides is 2. The van der Waals surface area contributed by atoms with Gasteiger partial charge >= 0.3 is 31.1 Å². The largest absolute Gasteiger partial charge is 0.517 e. The molecule has 0 aliphatic carbocycles. The summed E-state index contributed by atoms with van der Waals surface area (Å²) in [6.45, 7) is 0. The first-order valence-electron chi connectivity index (χ1n) is 4.81. The van der Waals surface area contributed by atoms with E-state index in [1.54, 1.807) is 0 Å². The van der Waals surface area contributed by atoms with E-state index in [1.807, 2.05) is 0 Å². The molecule has 14 heteroatoms. The van der Waals surface area contributed by atoms with Crippen LogP contribution in [0.1, 0.15) is 0 Å². The van der Waals surface area contributed by atoms with Crippen molar-refractivity contribution in [3.05, 3.63) is 28.7 Å². The molecule has 0 aliphatic rings. The lowest BCUT2D eigenvalue weighted by molar-refractivity contribution is -0.0462. The number of hydrogen-bond acceptors (Lipinski definition) is 4. The van der Waals surface area contributed by atoms with Crippen LogP contribution in [0.15, 0.2) is 28.7 Å². The molecule has 0 heterocycles. The number of alkyl halides is 6. The molecule has 0 unspecified atom stereocenters. The first-order chi connectivity index (χ1) is 9.64. The van der Waals surface area contributed by atoms with E-state index in [0.717, 1.165) is 18.2 Å². The summed E-state index contributed by atoms with van der Waals surface area (Å²) in [4.78, 5) is 0. The molecule has 0 spiro atoms. The number of anilines is 1. The summed E-state index contributed by atoms with van der Waals surface area (Å²) in [5.74, 6) is 0. The number of para-hydroxylation sites is 1. The Kier molecular flexibility index (Phi) is 4.81. The maximum atomic E-state index is 12.5. The monoisotopic (exact) mass is 435 g/mol. The Morgan fingerprint density at radius 2 is 1.18 bits per heavy atom. The minimum atomic E-state index is -6.86. The lowest BCUT2D eigenvalue weighted by atomic mass is 10.3. The summed E-state index contributed by atoms with van der Waals surface area (Å²) in [5.41, 5.74) is -13.9.